The lowest BCUT2D eigenvalue weighted by Gasteiger charge is -2.26. The predicted octanol–water partition coefficient (Wildman–Crippen LogP) is 1.19. The molecule has 2 N–H and O–H groups in total. The van der Waals surface area contributed by atoms with Crippen LogP contribution in [0.3, 0.4) is 0 Å². The van der Waals surface area contributed by atoms with Crippen LogP contribution in [0.25, 0.3) is 0 Å². The topological polar surface area (TPSA) is 83.8 Å². The van der Waals surface area contributed by atoms with Crippen molar-refractivity contribution in [3.8, 4) is 0 Å². The van der Waals surface area contributed by atoms with E-state index in [1.54, 1.807) is 6.92 Å². The lowest BCUT2D eigenvalue weighted by atomic mass is 9.79. The Labute approximate surface area is 95.4 Å². The van der Waals surface area contributed by atoms with Crippen molar-refractivity contribution >= 4 is 11.9 Å². The summed E-state index contributed by atoms with van der Waals surface area (Å²) >= 11 is 0. The van der Waals surface area contributed by atoms with Gasteiger partial charge in [0.15, 0.2) is 5.41 Å². The Hall–Kier alpha value is -1.10. The standard InChI is InChI=1S/C11H20O5/c1-3-6-11(9(13)14,7-5-8-12)10(15)16-4-2/h12H,3-8H2,1-2H3,(H,13,14). The SMILES string of the molecule is CCCC(CCCO)(C(=O)O)C(=O)OCC. The third-order valence-electron chi connectivity index (χ3n) is 2.51. The molecule has 0 fully saturated rings. The Bertz CT molecular complexity index is 239. The van der Waals surface area contributed by atoms with Gasteiger partial charge in [-0.15, -0.1) is 0 Å². The molecule has 0 aromatic heterocycles. The highest BCUT2D eigenvalue weighted by atomic mass is 16.5. The van der Waals surface area contributed by atoms with Gasteiger partial charge >= 0.3 is 11.9 Å². The van der Waals surface area contributed by atoms with Crippen molar-refractivity contribution in [2.75, 3.05) is 13.2 Å². The van der Waals surface area contributed by atoms with Crippen LogP contribution >= 0.6 is 0 Å². The summed E-state index contributed by atoms with van der Waals surface area (Å²) in [4.78, 5) is 23.0. The Morgan fingerprint density at radius 2 is 1.88 bits per heavy atom. The molecule has 0 saturated carbocycles. The van der Waals surface area contributed by atoms with Crippen LogP contribution in [0, 0.1) is 5.41 Å². The van der Waals surface area contributed by atoms with E-state index < -0.39 is 17.4 Å². The second-order valence-electron chi connectivity index (χ2n) is 3.68. The van der Waals surface area contributed by atoms with Gasteiger partial charge in [0, 0.05) is 6.61 Å². The van der Waals surface area contributed by atoms with Crippen molar-refractivity contribution in [2.45, 2.75) is 39.5 Å². The van der Waals surface area contributed by atoms with Crippen LogP contribution in [0.4, 0.5) is 0 Å². The van der Waals surface area contributed by atoms with Crippen LogP contribution in [0.5, 0.6) is 0 Å². The first kappa shape index (κ1) is 14.9. The van der Waals surface area contributed by atoms with Crippen LogP contribution in [0.2, 0.25) is 0 Å². The van der Waals surface area contributed by atoms with E-state index >= 15 is 0 Å². The number of carboxylic acid groups (broad SMARTS) is 1. The van der Waals surface area contributed by atoms with Crippen molar-refractivity contribution < 1.29 is 24.5 Å². The fraction of sp³-hybridized carbons (Fsp3) is 0.818. The summed E-state index contributed by atoms with van der Waals surface area (Å²) in [5, 5.41) is 17.9. The maximum absolute atomic E-state index is 11.7. The number of carbonyl (C=O) groups is 2. The van der Waals surface area contributed by atoms with Crippen molar-refractivity contribution in [3.63, 3.8) is 0 Å². The molecule has 94 valence electrons. The van der Waals surface area contributed by atoms with Crippen LogP contribution in [0.1, 0.15) is 39.5 Å². The van der Waals surface area contributed by atoms with E-state index in [4.69, 9.17) is 9.84 Å². The number of hydrogen-bond acceptors (Lipinski definition) is 4. The van der Waals surface area contributed by atoms with Gasteiger partial charge in [-0.3, -0.25) is 9.59 Å². The monoisotopic (exact) mass is 232 g/mol. The number of aliphatic hydroxyl groups is 1. The highest BCUT2D eigenvalue weighted by molar-refractivity contribution is 5.99. The molecule has 0 aliphatic heterocycles. The van der Waals surface area contributed by atoms with Crippen molar-refractivity contribution in [1.82, 2.24) is 0 Å². The maximum Gasteiger partial charge on any atom is 0.323 e. The fourth-order valence-corrected chi connectivity index (χ4v) is 1.71. The second-order valence-corrected chi connectivity index (χ2v) is 3.68. The normalized spacial score (nSPS) is 14.2. The maximum atomic E-state index is 11.7. The lowest BCUT2D eigenvalue weighted by molar-refractivity contribution is -0.170. The molecule has 0 bridgehead atoms. The van der Waals surface area contributed by atoms with E-state index in [0.717, 1.165) is 0 Å². The van der Waals surface area contributed by atoms with E-state index in [-0.39, 0.29) is 32.5 Å². The lowest BCUT2D eigenvalue weighted by Crippen LogP contribution is -2.41. The first-order valence-corrected chi connectivity index (χ1v) is 5.56. The van der Waals surface area contributed by atoms with Gasteiger partial charge in [-0.25, -0.2) is 0 Å². The largest absolute Gasteiger partial charge is 0.480 e. The zero-order chi connectivity index (χ0) is 12.6. The average Bonchev–Trinajstić information content (AvgIpc) is 2.24. The summed E-state index contributed by atoms with van der Waals surface area (Å²) in [7, 11) is 0. The molecule has 0 radical (unpaired) electrons. The van der Waals surface area contributed by atoms with E-state index in [1.807, 2.05) is 6.92 Å². The van der Waals surface area contributed by atoms with Crippen molar-refractivity contribution in [3.05, 3.63) is 0 Å². The smallest absolute Gasteiger partial charge is 0.323 e. The molecule has 1 atom stereocenters. The molecule has 0 rings (SSSR count). The number of ether oxygens (including phenoxy) is 1. The summed E-state index contributed by atoms with van der Waals surface area (Å²) in [6.45, 7) is 3.49. The first-order chi connectivity index (χ1) is 7.55. The molecule has 0 aromatic carbocycles. The number of hydrogen-bond donors (Lipinski definition) is 2. The molecular formula is C11H20O5. The molecule has 0 aromatic rings. The molecule has 1 unspecified atom stereocenters. The molecular weight excluding hydrogens is 212 g/mol. The summed E-state index contributed by atoms with van der Waals surface area (Å²) in [6.07, 6.45) is 1.22. The van der Waals surface area contributed by atoms with Gasteiger partial charge in [0.05, 0.1) is 6.61 Å². The van der Waals surface area contributed by atoms with Crippen LogP contribution in [-0.2, 0) is 14.3 Å². The molecule has 16 heavy (non-hydrogen) atoms. The molecule has 0 amide bonds. The second kappa shape index (κ2) is 7.22. The van der Waals surface area contributed by atoms with Crippen molar-refractivity contribution in [2.24, 2.45) is 5.41 Å². The minimum atomic E-state index is -1.49. The van der Waals surface area contributed by atoms with Gasteiger partial charge in [-0.05, 0) is 26.2 Å². The summed E-state index contributed by atoms with van der Waals surface area (Å²) in [6, 6.07) is 0. The number of rotatable bonds is 8. The van der Waals surface area contributed by atoms with Crippen LogP contribution in [0.15, 0.2) is 0 Å². The van der Waals surface area contributed by atoms with Gasteiger partial charge < -0.3 is 14.9 Å². The fourth-order valence-electron chi connectivity index (χ4n) is 1.71. The summed E-state index contributed by atoms with van der Waals surface area (Å²) in [5.74, 6) is -1.86. The third kappa shape index (κ3) is 3.48. The summed E-state index contributed by atoms with van der Waals surface area (Å²) in [5.41, 5.74) is -1.49. The van der Waals surface area contributed by atoms with Crippen LogP contribution < -0.4 is 0 Å². The highest BCUT2D eigenvalue weighted by Crippen LogP contribution is 2.32. The Morgan fingerprint density at radius 3 is 2.25 bits per heavy atom. The van der Waals surface area contributed by atoms with Crippen LogP contribution in [-0.4, -0.2) is 35.4 Å². The first-order valence-electron chi connectivity index (χ1n) is 5.56. The van der Waals surface area contributed by atoms with E-state index in [9.17, 15) is 14.7 Å². The number of carboxylic acids is 1. The Morgan fingerprint density at radius 1 is 1.25 bits per heavy atom. The van der Waals surface area contributed by atoms with Gasteiger partial charge in [0.25, 0.3) is 0 Å². The zero-order valence-electron chi connectivity index (χ0n) is 9.86. The highest BCUT2D eigenvalue weighted by Gasteiger charge is 2.46. The zero-order valence-corrected chi connectivity index (χ0v) is 9.86. The van der Waals surface area contributed by atoms with Gasteiger partial charge in [-0.2, -0.15) is 0 Å². The predicted molar refractivity (Wildman–Crippen MR) is 57.9 cm³/mol. The van der Waals surface area contributed by atoms with Gasteiger partial charge in [0.2, 0.25) is 0 Å². The van der Waals surface area contributed by atoms with E-state index in [1.165, 1.54) is 0 Å². The minimum absolute atomic E-state index is 0.117. The molecule has 0 aliphatic rings. The number of carbonyl (C=O) groups excluding carboxylic acids is 1. The van der Waals surface area contributed by atoms with E-state index in [0.29, 0.717) is 6.42 Å². The Balaban J connectivity index is 4.91. The summed E-state index contributed by atoms with van der Waals surface area (Å²) < 4.78 is 4.82. The molecule has 0 heterocycles. The van der Waals surface area contributed by atoms with Crippen molar-refractivity contribution in [1.29, 1.82) is 0 Å². The van der Waals surface area contributed by atoms with E-state index in [2.05, 4.69) is 0 Å². The number of aliphatic carboxylic acids is 1. The molecule has 5 heteroatoms. The van der Waals surface area contributed by atoms with Gasteiger partial charge in [-0.1, -0.05) is 13.3 Å². The number of esters is 1. The Kier molecular flexibility index (Phi) is 6.72. The average molecular weight is 232 g/mol. The van der Waals surface area contributed by atoms with Gasteiger partial charge in [0.1, 0.15) is 0 Å². The molecule has 0 spiro atoms. The molecule has 0 aliphatic carbocycles. The minimum Gasteiger partial charge on any atom is -0.480 e. The number of aliphatic hydroxyl groups excluding tert-OH is 1. The molecule has 0 saturated heterocycles. The quantitative estimate of drug-likeness (QED) is 0.485. The third-order valence-corrected chi connectivity index (χ3v) is 2.51. The molecule has 5 nitrogen and oxygen atoms in total.